The molecule has 0 radical (unpaired) electrons. The lowest BCUT2D eigenvalue weighted by atomic mass is 10.0. The standard InChI is InChI=1S/C19H14ClN3O2/c1-11-9-16(24)21-18-19(25)22-17(12-5-3-2-4-6-12)14-10-13(20)7-8-15(14)23(11)18/h2-10,19,25H,1H3. The predicted molar refractivity (Wildman–Crippen MR) is 96.6 cm³/mol. The van der Waals surface area contributed by atoms with Gasteiger partial charge in [-0.1, -0.05) is 41.9 Å². The highest BCUT2D eigenvalue weighted by Gasteiger charge is 2.25. The molecule has 2 heterocycles. The van der Waals surface area contributed by atoms with E-state index in [9.17, 15) is 9.90 Å². The van der Waals surface area contributed by atoms with Gasteiger partial charge >= 0.3 is 0 Å². The van der Waals surface area contributed by atoms with E-state index < -0.39 is 11.8 Å². The molecular formula is C19H14ClN3O2. The molecule has 1 atom stereocenters. The maximum atomic E-state index is 11.8. The molecular weight excluding hydrogens is 338 g/mol. The average Bonchev–Trinajstić information content (AvgIpc) is 2.71. The molecule has 1 aromatic heterocycles. The summed E-state index contributed by atoms with van der Waals surface area (Å²) in [4.78, 5) is 20.3. The van der Waals surface area contributed by atoms with Crippen molar-refractivity contribution in [3.05, 3.63) is 92.6 Å². The van der Waals surface area contributed by atoms with E-state index in [1.165, 1.54) is 6.07 Å². The second kappa shape index (κ2) is 5.95. The third-order valence-corrected chi connectivity index (χ3v) is 4.36. The van der Waals surface area contributed by atoms with Crippen molar-refractivity contribution in [1.29, 1.82) is 0 Å². The molecule has 0 amide bonds. The van der Waals surface area contributed by atoms with Gasteiger partial charge < -0.3 is 5.11 Å². The Morgan fingerprint density at radius 1 is 1.12 bits per heavy atom. The van der Waals surface area contributed by atoms with Crippen molar-refractivity contribution >= 4 is 17.3 Å². The maximum Gasteiger partial charge on any atom is 0.273 e. The molecule has 0 spiro atoms. The fourth-order valence-corrected chi connectivity index (χ4v) is 3.25. The first kappa shape index (κ1) is 15.7. The van der Waals surface area contributed by atoms with Crippen molar-refractivity contribution in [2.75, 3.05) is 0 Å². The molecule has 5 nitrogen and oxygen atoms in total. The fraction of sp³-hybridized carbons (Fsp3) is 0.105. The minimum atomic E-state index is -1.26. The Hall–Kier alpha value is -2.76. The number of halogens is 1. The molecule has 1 unspecified atom stereocenters. The second-order valence-electron chi connectivity index (χ2n) is 5.81. The first-order chi connectivity index (χ1) is 12.0. The molecule has 0 aliphatic carbocycles. The third kappa shape index (κ3) is 2.67. The van der Waals surface area contributed by atoms with Crippen LogP contribution in [0.25, 0.3) is 5.69 Å². The van der Waals surface area contributed by atoms with Gasteiger partial charge in [-0.3, -0.25) is 9.36 Å². The van der Waals surface area contributed by atoms with Crippen LogP contribution in [0.4, 0.5) is 0 Å². The minimum absolute atomic E-state index is 0.194. The summed E-state index contributed by atoms with van der Waals surface area (Å²) in [5.74, 6) is 0.194. The second-order valence-corrected chi connectivity index (χ2v) is 6.24. The number of hydrogen-bond acceptors (Lipinski definition) is 4. The summed E-state index contributed by atoms with van der Waals surface area (Å²) in [7, 11) is 0. The maximum absolute atomic E-state index is 11.8. The number of benzene rings is 2. The van der Waals surface area contributed by atoms with E-state index in [1.807, 2.05) is 42.5 Å². The summed E-state index contributed by atoms with van der Waals surface area (Å²) in [5, 5.41) is 11.2. The zero-order valence-corrected chi connectivity index (χ0v) is 14.1. The van der Waals surface area contributed by atoms with Gasteiger partial charge in [-0.2, -0.15) is 4.98 Å². The van der Waals surface area contributed by atoms with Gasteiger partial charge in [0.15, 0.2) is 5.82 Å². The quantitative estimate of drug-likeness (QED) is 0.732. The van der Waals surface area contributed by atoms with Crippen LogP contribution in [0.2, 0.25) is 5.02 Å². The molecule has 0 saturated carbocycles. The van der Waals surface area contributed by atoms with E-state index in [1.54, 1.807) is 17.6 Å². The topological polar surface area (TPSA) is 67.5 Å². The van der Waals surface area contributed by atoms with Crippen molar-refractivity contribution in [2.24, 2.45) is 4.99 Å². The van der Waals surface area contributed by atoms with E-state index in [0.29, 0.717) is 16.4 Å². The Kier molecular flexibility index (Phi) is 3.75. The summed E-state index contributed by atoms with van der Waals surface area (Å²) >= 11 is 6.22. The molecule has 3 aromatic rings. The van der Waals surface area contributed by atoms with Crippen LogP contribution in [-0.2, 0) is 0 Å². The lowest BCUT2D eigenvalue weighted by Gasteiger charge is -2.17. The highest BCUT2D eigenvalue weighted by Crippen LogP contribution is 2.30. The van der Waals surface area contributed by atoms with Gasteiger partial charge in [-0.15, -0.1) is 0 Å². The van der Waals surface area contributed by atoms with Gasteiger partial charge in [0.25, 0.3) is 5.56 Å². The van der Waals surface area contributed by atoms with Crippen molar-refractivity contribution in [2.45, 2.75) is 13.2 Å². The van der Waals surface area contributed by atoms with Gasteiger partial charge in [-0.25, -0.2) is 4.99 Å². The zero-order valence-electron chi connectivity index (χ0n) is 13.3. The molecule has 2 aromatic carbocycles. The number of hydrogen-bond donors (Lipinski definition) is 1. The fourth-order valence-electron chi connectivity index (χ4n) is 3.07. The molecule has 124 valence electrons. The smallest absolute Gasteiger partial charge is 0.273 e. The number of fused-ring (bicyclic) bond motifs is 3. The summed E-state index contributed by atoms with van der Waals surface area (Å²) in [6.45, 7) is 1.80. The van der Waals surface area contributed by atoms with Crippen LogP contribution in [0.3, 0.4) is 0 Å². The normalized spacial score (nSPS) is 15.8. The summed E-state index contributed by atoms with van der Waals surface area (Å²) in [5.41, 5.74) is 3.24. The average molecular weight is 352 g/mol. The van der Waals surface area contributed by atoms with Crippen LogP contribution in [0, 0.1) is 6.92 Å². The van der Waals surface area contributed by atoms with Crippen LogP contribution in [-0.4, -0.2) is 20.4 Å². The Bertz CT molecular complexity index is 1060. The van der Waals surface area contributed by atoms with Crippen LogP contribution < -0.4 is 5.56 Å². The number of nitrogens with zero attached hydrogens (tertiary/aromatic N) is 3. The van der Waals surface area contributed by atoms with Crippen molar-refractivity contribution in [3.63, 3.8) is 0 Å². The zero-order chi connectivity index (χ0) is 17.6. The Morgan fingerprint density at radius 3 is 2.64 bits per heavy atom. The lowest BCUT2D eigenvalue weighted by Crippen LogP contribution is -2.20. The van der Waals surface area contributed by atoms with E-state index in [4.69, 9.17) is 11.6 Å². The molecule has 1 aliphatic heterocycles. The van der Waals surface area contributed by atoms with Crippen LogP contribution >= 0.6 is 11.6 Å². The first-order valence-electron chi connectivity index (χ1n) is 7.77. The number of aliphatic hydroxyl groups is 1. The van der Waals surface area contributed by atoms with Crippen LogP contribution in [0.5, 0.6) is 0 Å². The van der Waals surface area contributed by atoms with Crippen molar-refractivity contribution in [3.8, 4) is 5.69 Å². The predicted octanol–water partition coefficient (Wildman–Crippen LogP) is 3.04. The van der Waals surface area contributed by atoms with Gasteiger partial charge in [0.1, 0.15) is 0 Å². The number of aryl methyl sites for hydroxylation is 1. The lowest BCUT2D eigenvalue weighted by molar-refractivity contribution is 0.175. The Labute approximate surface area is 148 Å². The monoisotopic (exact) mass is 351 g/mol. The number of rotatable bonds is 1. The van der Waals surface area contributed by atoms with Gasteiger partial charge in [0.05, 0.1) is 11.4 Å². The summed E-state index contributed by atoms with van der Waals surface area (Å²) < 4.78 is 1.75. The SMILES string of the molecule is Cc1cc(=O)nc2n1-c1ccc(Cl)cc1C(c1ccccc1)=NC2O. The van der Waals surface area contributed by atoms with E-state index in [-0.39, 0.29) is 5.82 Å². The number of aliphatic hydroxyl groups excluding tert-OH is 1. The van der Waals surface area contributed by atoms with E-state index in [0.717, 1.165) is 16.8 Å². The van der Waals surface area contributed by atoms with Crippen LogP contribution in [0.1, 0.15) is 28.9 Å². The number of aliphatic imine (C=N–C) groups is 1. The van der Waals surface area contributed by atoms with Gasteiger partial charge in [-0.05, 0) is 25.1 Å². The van der Waals surface area contributed by atoms with Crippen molar-refractivity contribution in [1.82, 2.24) is 9.55 Å². The van der Waals surface area contributed by atoms with Crippen LogP contribution in [0.15, 0.2) is 64.4 Å². The largest absolute Gasteiger partial charge is 0.365 e. The Morgan fingerprint density at radius 2 is 1.88 bits per heavy atom. The first-order valence-corrected chi connectivity index (χ1v) is 8.14. The highest BCUT2D eigenvalue weighted by atomic mass is 35.5. The molecule has 1 N–H and O–H groups in total. The molecule has 0 saturated heterocycles. The minimum Gasteiger partial charge on any atom is -0.365 e. The van der Waals surface area contributed by atoms with Gasteiger partial charge in [0.2, 0.25) is 6.23 Å². The van der Waals surface area contributed by atoms with E-state index >= 15 is 0 Å². The number of aromatic nitrogens is 2. The molecule has 6 heteroatoms. The summed E-state index contributed by atoms with van der Waals surface area (Å²) in [6.07, 6.45) is -1.26. The molecule has 4 rings (SSSR count). The van der Waals surface area contributed by atoms with Gasteiger partial charge in [0, 0.05) is 27.9 Å². The molecule has 0 bridgehead atoms. The molecule has 0 fully saturated rings. The molecule has 25 heavy (non-hydrogen) atoms. The summed E-state index contributed by atoms with van der Waals surface area (Å²) in [6, 6.07) is 16.4. The molecule has 1 aliphatic rings. The highest BCUT2D eigenvalue weighted by molar-refractivity contribution is 6.31. The van der Waals surface area contributed by atoms with Crippen molar-refractivity contribution < 1.29 is 5.11 Å². The Balaban J connectivity index is 2.10. The van der Waals surface area contributed by atoms with E-state index in [2.05, 4.69) is 9.98 Å². The third-order valence-electron chi connectivity index (χ3n) is 4.12.